The van der Waals surface area contributed by atoms with Crippen molar-refractivity contribution in [1.82, 2.24) is 14.8 Å². The summed E-state index contributed by atoms with van der Waals surface area (Å²) in [7, 11) is 0. The zero-order chi connectivity index (χ0) is 15.6. The van der Waals surface area contributed by atoms with Gasteiger partial charge in [0.25, 0.3) is 0 Å². The van der Waals surface area contributed by atoms with Gasteiger partial charge >= 0.3 is 11.4 Å². The normalized spacial score (nSPS) is 11.3. The summed E-state index contributed by atoms with van der Waals surface area (Å²) >= 11 is 0. The Bertz CT molecular complexity index is 753. The number of aromatic nitrogens is 3. The van der Waals surface area contributed by atoms with Gasteiger partial charge in [0.1, 0.15) is 12.4 Å². The minimum Gasteiger partial charge on any atom is -0.409 e. The lowest BCUT2D eigenvalue weighted by Gasteiger charge is -2.03. The highest BCUT2D eigenvalue weighted by Gasteiger charge is 2.21. The molecule has 0 saturated heterocycles. The number of nitrogens with two attached hydrogens (primary N) is 1. The fraction of sp³-hybridized carbons (Fsp3) is 0. The fourth-order valence-corrected chi connectivity index (χ4v) is 1.48. The molecule has 0 bridgehead atoms. The van der Waals surface area contributed by atoms with Crippen LogP contribution in [-0.2, 0) is 0 Å². The molecule has 21 heavy (non-hydrogen) atoms. The molecule has 3 N–H and O–H groups in total. The van der Waals surface area contributed by atoms with E-state index in [9.17, 15) is 20.2 Å². The Morgan fingerprint density at radius 2 is 2.05 bits per heavy atom. The Kier molecular flexibility index (Phi) is 3.43. The standard InChI is InChI=1S/C9H7N7O5/c10-8(13-17)5-1-7(16(20)21)9(11-2-5)14-4-6(3-12-14)15(18)19/h1-4,17H,(H2,10,13). The highest BCUT2D eigenvalue weighted by molar-refractivity contribution is 5.97. The highest BCUT2D eigenvalue weighted by Crippen LogP contribution is 2.22. The quantitative estimate of drug-likeness (QED) is 0.263. The van der Waals surface area contributed by atoms with Crippen LogP contribution in [0.4, 0.5) is 11.4 Å². The lowest BCUT2D eigenvalue weighted by atomic mass is 10.2. The molecule has 0 aromatic carbocycles. The molecular formula is C9H7N7O5. The summed E-state index contributed by atoms with van der Waals surface area (Å²) in [6.45, 7) is 0. The molecule has 0 amide bonds. The van der Waals surface area contributed by atoms with Crippen molar-refractivity contribution in [3.05, 3.63) is 50.4 Å². The molecular weight excluding hydrogens is 286 g/mol. The Morgan fingerprint density at radius 1 is 1.33 bits per heavy atom. The van der Waals surface area contributed by atoms with Crippen molar-refractivity contribution in [3.63, 3.8) is 0 Å². The van der Waals surface area contributed by atoms with Crippen molar-refractivity contribution in [2.75, 3.05) is 0 Å². The van der Waals surface area contributed by atoms with Gasteiger partial charge in [-0.1, -0.05) is 5.16 Å². The Balaban J connectivity index is 2.57. The third-order valence-electron chi connectivity index (χ3n) is 2.44. The first-order chi connectivity index (χ1) is 9.93. The predicted octanol–water partition coefficient (Wildman–Crippen LogP) is 0.178. The van der Waals surface area contributed by atoms with Crippen LogP contribution in [0.3, 0.4) is 0 Å². The molecule has 0 aliphatic heterocycles. The molecule has 0 atom stereocenters. The van der Waals surface area contributed by atoms with Gasteiger partial charge in [0, 0.05) is 17.8 Å². The van der Waals surface area contributed by atoms with Gasteiger partial charge in [-0.25, -0.2) is 9.67 Å². The zero-order valence-electron chi connectivity index (χ0n) is 10.2. The van der Waals surface area contributed by atoms with Crippen molar-refractivity contribution < 1.29 is 15.1 Å². The van der Waals surface area contributed by atoms with Gasteiger partial charge in [-0.2, -0.15) is 5.10 Å². The first-order valence-corrected chi connectivity index (χ1v) is 5.25. The molecule has 108 valence electrons. The minimum atomic E-state index is -0.760. The average Bonchev–Trinajstić information content (AvgIpc) is 2.95. The van der Waals surface area contributed by atoms with Crippen LogP contribution < -0.4 is 5.73 Å². The first-order valence-electron chi connectivity index (χ1n) is 5.25. The number of hydrogen-bond acceptors (Lipinski definition) is 8. The Labute approximate surface area is 115 Å². The number of amidine groups is 1. The van der Waals surface area contributed by atoms with Crippen LogP contribution in [0.25, 0.3) is 5.82 Å². The van der Waals surface area contributed by atoms with E-state index in [2.05, 4.69) is 15.2 Å². The molecule has 2 rings (SSSR count). The van der Waals surface area contributed by atoms with Crippen molar-refractivity contribution in [2.45, 2.75) is 0 Å². The maximum atomic E-state index is 11.0. The maximum absolute atomic E-state index is 11.0. The number of rotatable bonds is 4. The Hall–Kier alpha value is -3.57. The first kappa shape index (κ1) is 13.9. The van der Waals surface area contributed by atoms with E-state index >= 15 is 0 Å². The largest absolute Gasteiger partial charge is 0.409 e. The van der Waals surface area contributed by atoms with Gasteiger partial charge in [0.05, 0.1) is 9.85 Å². The fourth-order valence-electron chi connectivity index (χ4n) is 1.48. The van der Waals surface area contributed by atoms with Gasteiger partial charge in [0.15, 0.2) is 5.84 Å². The molecule has 2 aromatic rings. The summed E-state index contributed by atoms with van der Waals surface area (Å²) in [5, 5.41) is 36.5. The predicted molar refractivity (Wildman–Crippen MR) is 67.2 cm³/mol. The van der Waals surface area contributed by atoms with Gasteiger partial charge in [-0.05, 0) is 0 Å². The van der Waals surface area contributed by atoms with E-state index in [1.165, 1.54) is 0 Å². The van der Waals surface area contributed by atoms with Gasteiger partial charge in [-0.3, -0.25) is 20.2 Å². The van der Waals surface area contributed by atoms with Crippen LogP contribution in [0, 0.1) is 20.2 Å². The number of nitro groups is 2. The van der Waals surface area contributed by atoms with Gasteiger partial charge in [0.2, 0.25) is 5.82 Å². The molecule has 2 aromatic heterocycles. The van der Waals surface area contributed by atoms with Gasteiger partial charge in [-0.15, -0.1) is 0 Å². The summed E-state index contributed by atoms with van der Waals surface area (Å²) in [6.07, 6.45) is 3.03. The lowest BCUT2D eigenvalue weighted by Crippen LogP contribution is -2.15. The Morgan fingerprint density at radius 3 is 2.57 bits per heavy atom. The highest BCUT2D eigenvalue weighted by atomic mass is 16.6. The van der Waals surface area contributed by atoms with E-state index < -0.39 is 15.5 Å². The monoisotopic (exact) mass is 293 g/mol. The third-order valence-corrected chi connectivity index (χ3v) is 2.44. The van der Waals surface area contributed by atoms with E-state index in [1.807, 2.05) is 0 Å². The molecule has 0 unspecified atom stereocenters. The second-order valence-electron chi connectivity index (χ2n) is 3.71. The van der Waals surface area contributed by atoms with Crippen molar-refractivity contribution in [3.8, 4) is 5.82 Å². The van der Waals surface area contributed by atoms with Crippen molar-refractivity contribution >= 4 is 17.2 Å². The third kappa shape index (κ3) is 2.58. The van der Waals surface area contributed by atoms with E-state index in [4.69, 9.17) is 10.9 Å². The molecule has 2 heterocycles. The number of hydrogen-bond donors (Lipinski definition) is 2. The van der Waals surface area contributed by atoms with Crippen LogP contribution in [-0.4, -0.2) is 35.7 Å². The second kappa shape index (κ2) is 5.20. The molecule has 12 nitrogen and oxygen atoms in total. The molecule has 0 saturated carbocycles. The topological polar surface area (TPSA) is 176 Å². The number of pyridine rings is 1. The number of oxime groups is 1. The van der Waals surface area contributed by atoms with Crippen LogP contribution in [0.15, 0.2) is 29.8 Å². The van der Waals surface area contributed by atoms with Crippen molar-refractivity contribution in [2.24, 2.45) is 10.9 Å². The smallest absolute Gasteiger partial charge is 0.314 e. The van der Waals surface area contributed by atoms with Crippen molar-refractivity contribution in [1.29, 1.82) is 0 Å². The molecule has 12 heteroatoms. The summed E-state index contributed by atoms with van der Waals surface area (Å²) in [5.74, 6) is -0.591. The summed E-state index contributed by atoms with van der Waals surface area (Å²) < 4.78 is 0.895. The number of nitrogens with zero attached hydrogens (tertiary/aromatic N) is 6. The van der Waals surface area contributed by atoms with Crippen LogP contribution in [0.5, 0.6) is 0 Å². The molecule has 0 fully saturated rings. The van der Waals surface area contributed by atoms with E-state index in [1.54, 1.807) is 0 Å². The molecule has 0 spiro atoms. The second-order valence-corrected chi connectivity index (χ2v) is 3.71. The minimum absolute atomic E-state index is 0.0228. The molecule has 0 aliphatic rings. The van der Waals surface area contributed by atoms with E-state index in [0.29, 0.717) is 0 Å². The SMILES string of the molecule is N/C(=N/O)c1cnc(-n2cc([N+](=O)[O-])cn2)c([N+](=O)[O-])c1. The van der Waals surface area contributed by atoms with E-state index in [-0.39, 0.29) is 22.9 Å². The molecule has 0 aliphatic carbocycles. The van der Waals surface area contributed by atoms with Crippen LogP contribution in [0.2, 0.25) is 0 Å². The van der Waals surface area contributed by atoms with E-state index in [0.717, 1.165) is 29.3 Å². The van der Waals surface area contributed by atoms with Gasteiger partial charge < -0.3 is 10.9 Å². The average molecular weight is 293 g/mol. The van der Waals surface area contributed by atoms with Crippen LogP contribution >= 0.6 is 0 Å². The van der Waals surface area contributed by atoms with Crippen LogP contribution in [0.1, 0.15) is 5.56 Å². The summed E-state index contributed by atoms with van der Waals surface area (Å²) in [5.41, 5.74) is 4.50. The zero-order valence-corrected chi connectivity index (χ0v) is 10.2. The molecule has 0 radical (unpaired) electrons. The summed E-state index contributed by atoms with van der Waals surface area (Å²) in [6, 6.07) is 1.02. The lowest BCUT2D eigenvalue weighted by molar-refractivity contribution is -0.385. The maximum Gasteiger partial charge on any atom is 0.314 e. The summed E-state index contributed by atoms with van der Waals surface area (Å²) in [4.78, 5) is 24.0.